The maximum Gasteiger partial charge on any atom is 0.0431 e. The van der Waals surface area contributed by atoms with Crippen LogP contribution in [-0.4, -0.2) is 36.2 Å². The molecule has 1 N–H and O–H groups in total. The lowest BCUT2D eigenvalue weighted by Gasteiger charge is -2.22. The summed E-state index contributed by atoms with van der Waals surface area (Å²) in [4.78, 5) is 2.72. The Bertz CT molecular complexity index is 457. The molecular weight excluding hydrogens is 510 g/mol. The standard InChI is InChI=1S/C40H83NO/c1-4-7-10-11-12-13-14-15-16-17-18-21-24-29-36-41(38-31-32-39-42)37-30-25-22-19-20-23-28-35-40(33-26-8-5-2)34-27-9-6-3/h40,42H,4-39H2,1-3H3. The molecule has 0 aliphatic heterocycles. The minimum Gasteiger partial charge on any atom is -0.396 e. The summed E-state index contributed by atoms with van der Waals surface area (Å²) in [6, 6.07) is 0. The maximum absolute atomic E-state index is 9.23. The molecule has 0 bridgehead atoms. The lowest BCUT2D eigenvalue weighted by molar-refractivity contribution is 0.234. The number of aliphatic hydroxyl groups is 1. The molecule has 0 aromatic heterocycles. The molecule has 0 fully saturated rings. The molecule has 0 saturated carbocycles. The first-order valence-electron chi connectivity index (χ1n) is 20.1. The van der Waals surface area contributed by atoms with Crippen LogP contribution < -0.4 is 0 Å². The van der Waals surface area contributed by atoms with E-state index in [9.17, 15) is 5.11 Å². The van der Waals surface area contributed by atoms with Crippen LogP contribution in [0.2, 0.25) is 0 Å². The van der Waals surface area contributed by atoms with Crippen LogP contribution in [0.25, 0.3) is 0 Å². The lowest BCUT2D eigenvalue weighted by atomic mass is 9.90. The van der Waals surface area contributed by atoms with Crippen LogP contribution in [0.1, 0.15) is 226 Å². The van der Waals surface area contributed by atoms with Crippen LogP contribution in [0.15, 0.2) is 0 Å². The fourth-order valence-corrected chi connectivity index (χ4v) is 6.76. The van der Waals surface area contributed by atoms with E-state index in [0.717, 1.165) is 18.8 Å². The second kappa shape index (κ2) is 37.1. The molecule has 0 aromatic carbocycles. The lowest BCUT2D eigenvalue weighted by Crippen LogP contribution is -2.27. The Labute approximate surface area is 268 Å². The van der Waals surface area contributed by atoms with E-state index in [1.807, 2.05) is 0 Å². The van der Waals surface area contributed by atoms with Crippen molar-refractivity contribution in [3.63, 3.8) is 0 Å². The zero-order valence-electron chi connectivity index (χ0n) is 29.9. The molecule has 254 valence electrons. The molecule has 0 radical (unpaired) electrons. The average Bonchev–Trinajstić information content (AvgIpc) is 3.00. The van der Waals surface area contributed by atoms with Gasteiger partial charge in [0.1, 0.15) is 0 Å². The Balaban J connectivity index is 3.78. The van der Waals surface area contributed by atoms with Gasteiger partial charge in [0.15, 0.2) is 0 Å². The van der Waals surface area contributed by atoms with Gasteiger partial charge in [0.2, 0.25) is 0 Å². The highest BCUT2D eigenvalue weighted by Crippen LogP contribution is 2.24. The van der Waals surface area contributed by atoms with E-state index in [4.69, 9.17) is 0 Å². The summed E-state index contributed by atoms with van der Waals surface area (Å²) >= 11 is 0. The molecule has 0 aromatic rings. The second-order valence-corrected chi connectivity index (χ2v) is 14.0. The Kier molecular flexibility index (Phi) is 37.0. The van der Waals surface area contributed by atoms with Crippen LogP contribution in [0.4, 0.5) is 0 Å². The van der Waals surface area contributed by atoms with Crippen molar-refractivity contribution in [3.05, 3.63) is 0 Å². The second-order valence-electron chi connectivity index (χ2n) is 14.0. The van der Waals surface area contributed by atoms with Crippen molar-refractivity contribution in [1.29, 1.82) is 0 Å². The van der Waals surface area contributed by atoms with E-state index >= 15 is 0 Å². The van der Waals surface area contributed by atoms with Crippen molar-refractivity contribution >= 4 is 0 Å². The van der Waals surface area contributed by atoms with Gasteiger partial charge in [-0.05, 0) is 51.2 Å². The molecule has 0 heterocycles. The molecule has 0 atom stereocenters. The summed E-state index contributed by atoms with van der Waals surface area (Å²) in [6.07, 6.45) is 45.3. The first kappa shape index (κ1) is 41.9. The van der Waals surface area contributed by atoms with Gasteiger partial charge >= 0.3 is 0 Å². The van der Waals surface area contributed by atoms with Gasteiger partial charge in [-0.2, -0.15) is 0 Å². The van der Waals surface area contributed by atoms with E-state index in [1.54, 1.807) is 0 Å². The van der Waals surface area contributed by atoms with E-state index in [2.05, 4.69) is 25.7 Å². The van der Waals surface area contributed by atoms with Gasteiger partial charge < -0.3 is 10.0 Å². The average molecular weight is 594 g/mol. The molecule has 0 unspecified atom stereocenters. The zero-order valence-corrected chi connectivity index (χ0v) is 29.9. The van der Waals surface area contributed by atoms with E-state index in [-0.39, 0.29) is 0 Å². The molecular formula is C40H83NO. The third-order valence-electron chi connectivity index (χ3n) is 9.73. The summed E-state index contributed by atoms with van der Waals surface area (Å²) in [5, 5.41) is 9.23. The van der Waals surface area contributed by atoms with Crippen molar-refractivity contribution < 1.29 is 5.11 Å². The van der Waals surface area contributed by atoms with Crippen molar-refractivity contribution in [2.45, 2.75) is 226 Å². The number of nitrogens with zero attached hydrogens (tertiary/aromatic N) is 1. The third kappa shape index (κ3) is 32.8. The van der Waals surface area contributed by atoms with E-state index in [0.29, 0.717) is 6.61 Å². The number of hydrogen-bond acceptors (Lipinski definition) is 2. The largest absolute Gasteiger partial charge is 0.396 e. The van der Waals surface area contributed by atoms with Gasteiger partial charge in [0, 0.05) is 6.61 Å². The molecule has 2 heteroatoms. The SMILES string of the molecule is CCCCCCCCCCCCCCCCN(CCCCO)CCCCCCCCCC(CCCCC)CCCCC. The van der Waals surface area contributed by atoms with Gasteiger partial charge in [-0.15, -0.1) is 0 Å². The Morgan fingerprint density at radius 2 is 0.595 bits per heavy atom. The van der Waals surface area contributed by atoms with E-state index < -0.39 is 0 Å². The van der Waals surface area contributed by atoms with Crippen LogP contribution in [-0.2, 0) is 0 Å². The van der Waals surface area contributed by atoms with Crippen molar-refractivity contribution in [3.8, 4) is 0 Å². The Hall–Kier alpha value is -0.0800. The highest BCUT2D eigenvalue weighted by Gasteiger charge is 2.08. The molecule has 0 saturated heterocycles. The molecule has 0 spiro atoms. The summed E-state index contributed by atoms with van der Waals surface area (Å²) in [5.41, 5.74) is 0. The smallest absolute Gasteiger partial charge is 0.0431 e. The predicted octanol–water partition coefficient (Wildman–Crippen LogP) is 13.4. The normalized spacial score (nSPS) is 11.9. The first-order chi connectivity index (χ1) is 20.8. The fourth-order valence-electron chi connectivity index (χ4n) is 6.76. The van der Waals surface area contributed by atoms with Crippen LogP contribution in [0.5, 0.6) is 0 Å². The van der Waals surface area contributed by atoms with E-state index in [1.165, 1.54) is 212 Å². The predicted molar refractivity (Wildman–Crippen MR) is 192 cm³/mol. The number of hydrogen-bond donors (Lipinski definition) is 1. The van der Waals surface area contributed by atoms with Crippen molar-refractivity contribution in [1.82, 2.24) is 4.90 Å². The molecule has 42 heavy (non-hydrogen) atoms. The summed E-state index contributed by atoms with van der Waals surface area (Å²) < 4.78 is 0. The van der Waals surface area contributed by atoms with Gasteiger partial charge in [0.25, 0.3) is 0 Å². The summed E-state index contributed by atoms with van der Waals surface area (Å²) in [7, 11) is 0. The Morgan fingerprint density at radius 1 is 0.333 bits per heavy atom. The van der Waals surface area contributed by atoms with Gasteiger partial charge in [-0.1, -0.05) is 201 Å². The number of unbranched alkanes of at least 4 members (excludes halogenated alkanes) is 24. The fraction of sp³-hybridized carbons (Fsp3) is 1.00. The molecule has 0 amide bonds. The monoisotopic (exact) mass is 594 g/mol. The number of rotatable bonds is 37. The first-order valence-corrected chi connectivity index (χ1v) is 20.1. The topological polar surface area (TPSA) is 23.5 Å². The molecule has 0 rings (SSSR count). The van der Waals surface area contributed by atoms with Crippen LogP contribution >= 0.6 is 0 Å². The quantitative estimate of drug-likeness (QED) is 0.0724. The van der Waals surface area contributed by atoms with Gasteiger partial charge in [0.05, 0.1) is 0 Å². The summed E-state index contributed by atoms with van der Waals surface area (Å²) in [5.74, 6) is 1.01. The third-order valence-corrected chi connectivity index (χ3v) is 9.73. The maximum atomic E-state index is 9.23. The highest BCUT2D eigenvalue weighted by atomic mass is 16.2. The zero-order chi connectivity index (χ0) is 30.6. The number of aliphatic hydroxyl groups excluding tert-OH is 1. The molecule has 2 nitrogen and oxygen atoms in total. The van der Waals surface area contributed by atoms with Gasteiger partial charge in [-0.25, -0.2) is 0 Å². The highest BCUT2D eigenvalue weighted by molar-refractivity contribution is 4.63. The van der Waals surface area contributed by atoms with Crippen molar-refractivity contribution in [2.24, 2.45) is 5.92 Å². The molecule has 0 aliphatic carbocycles. The molecule has 0 aliphatic rings. The Morgan fingerprint density at radius 3 is 0.952 bits per heavy atom. The minimum atomic E-state index is 0.352. The summed E-state index contributed by atoms with van der Waals surface area (Å²) in [6.45, 7) is 11.1. The van der Waals surface area contributed by atoms with Crippen LogP contribution in [0.3, 0.4) is 0 Å². The van der Waals surface area contributed by atoms with Crippen LogP contribution in [0, 0.1) is 5.92 Å². The van der Waals surface area contributed by atoms with Crippen molar-refractivity contribution in [2.75, 3.05) is 26.2 Å². The minimum absolute atomic E-state index is 0.352. The van der Waals surface area contributed by atoms with Gasteiger partial charge in [-0.3, -0.25) is 0 Å².